The number of nitrogens with one attached hydrogen (secondary N) is 1. The van der Waals surface area contributed by atoms with E-state index in [0.717, 1.165) is 25.9 Å². The first-order valence-electron chi connectivity index (χ1n) is 7.99. The number of aliphatic carboxylic acids is 1. The Balaban J connectivity index is 2.35. The van der Waals surface area contributed by atoms with Gasteiger partial charge in [0.15, 0.2) is 0 Å². The van der Waals surface area contributed by atoms with Gasteiger partial charge in [0.1, 0.15) is 0 Å². The molecule has 2 unspecified atom stereocenters. The van der Waals surface area contributed by atoms with Crippen LogP contribution in [0, 0.1) is 5.92 Å². The molecule has 1 heterocycles. The zero-order valence-corrected chi connectivity index (χ0v) is 13.5. The zero-order valence-electron chi connectivity index (χ0n) is 13.5. The van der Waals surface area contributed by atoms with Crippen molar-refractivity contribution in [3.8, 4) is 0 Å². The predicted octanol–water partition coefficient (Wildman–Crippen LogP) is 1.61. The summed E-state index contributed by atoms with van der Waals surface area (Å²) in [4.78, 5) is 27.3. The summed E-state index contributed by atoms with van der Waals surface area (Å²) < 4.78 is 0. The molecule has 0 aromatic heterocycles. The smallest absolute Gasteiger partial charge is 0.317 e. The Morgan fingerprint density at radius 1 is 1.19 bits per heavy atom. The lowest BCUT2D eigenvalue weighted by molar-refractivity contribution is -0.141. The Labute approximate surface area is 127 Å². The van der Waals surface area contributed by atoms with Crippen LogP contribution in [0.5, 0.6) is 0 Å². The molecule has 1 rings (SSSR count). The second kappa shape index (κ2) is 8.87. The Kier molecular flexibility index (Phi) is 7.50. The van der Waals surface area contributed by atoms with Gasteiger partial charge in [0, 0.05) is 38.8 Å². The lowest BCUT2D eigenvalue weighted by atomic mass is 10.0. The number of rotatable bonds is 7. The minimum atomic E-state index is -0.835. The van der Waals surface area contributed by atoms with Gasteiger partial charge in [-0.15, -0.1) is 0 Å². The molecule has 0 spiro atoms. The number of amides is 2. The molecule has 2 N–H and O–H groups in total. The van der Waals surface area contributed by atoms with E-state index >= 15 is 0 Å². The summed E-state index contributed by atoms with van der Waals surface area (Å²) >= 11 is 0. The van der Waals surface area contributed by atoms with Crippen LogP contribution in [0.4, 0.5) is 4.79 Å². The molecule has 1 saturated heterocycles. The number of carbonyl (C=O) groups is 2. The van der Waals surface area contributed by atoms with Crippen LogP contribution in [0.3, 0.4) is 0 Å². The first-order chi connectivity index (χ1) is 9.99. The van der Waals surface area contributed by atoms with Crippen molar-refractivity contribution in [3.05, 3.63) is 0 Å². The Morgan fingerprint density at radius 3 is 2.29 bits per heavy atom. The van der Waals surface area contributed by atoms with Crippen LogP contribution in [0.1, 0.15) is 40.0 Å². The fourth-order valence-electron chi connectivity index (χ4n) is 2.61. The van der Waals surface area contributed by atoms with E-state index in [0.29, 0.717) is 25.6 Å². The number of carbonyl (C=O) groups excluding carboxylic acids is 1. The molecule has 122 valence electrons. The summed E-state index contributed by atoms with van der Waals surface area (Å²) in [5.74, 6) is -1.32. The number of urea groups is 1. The highest BCUT2D eigenvalue weighted by Crippen LogP contribution is 2.09. The first-order valence-corrected chi connectivity index (χ1v) is 7.99. The van der Waals surface area contributed by atoms with Gasteiger partial charge in [-0.3, -0.25) is 9.69 Å². The van der Waals surface area contributed by atoms with Gasteiger partial charge in [-0.1, -0.05) is 20.3 Å². The zero-order chi connectivity index (χ0) is 15.8. The lowest BCUT2D eigenvalue weighted by Gasteiger charge is -2.37. The van der Waals surface area contributed by atoms with Gasteiger partial charge in [0.25, 0.3) is 0 Å². The summed E-state index contributed by atoms with van der Waals surface area (Å²) in [5.41, 5.74) is 0. The molecule has 2 amide bonds. The van der Waals surface area contributed by atoms with Gasteiger partial charge in [-0.05, 0) is 19.8 Å². The molecule has 0 bridgehead atoms. The van der Waals surface area contributed by atoms with Crippen molar-refractivity contribution in [2.45, 2.75) is 46.1 Å². The Bertz CT molecular complexity index is 341. The van der Waals surface area contributed by atoms with E-state index < -0.39 is 11.9 Å². The summed E-state index contributed by atoms with van der Waals surface area (Å²) in [6, 6.07) is 0.414. The largest absolute Gasteiger partial charge is 0.481 e. The van der Waals surface area contributed by atoms with Crippen LogP contribution in [-0.2, 0) is 4.79 Å². The third kappa shape index (κ3) is 5.53. The van der Waals surface area contributed by atoms with E-state index in [4.69, 9.17) is 5.11 Å². The van der Waals surface area contributed by atoms with Crippen molar-refractivity contribution >= 4 is 12.0 Å². The number of carboxylic acids is 1. The first kappa shape index (κ1) is 17.8. The third-order valence-electron chi connectivity index (χ3n) is 4.30. The van der Waals surface area contributed by atoms with Gasteiger partial charge >= 0.3 is 12.0 Å². The highest BCUT2D eigenvalue weighted by molar-refractivity contribution is 5.76. The molecule has 21 heavy (non-hydrogen) atoms. The second-order valence-electron chi connectivity index (χ2n) is 5.79. The second-order valence-corrected chi connectivity index (χ2v) is 5.79. The highest BCUT2D eigenvalue weighted by Gasteiger charge is 2.24. The molecule has 6 heteroatoms. The molecule has 0 radical (unpaired) electrons. The Morgan fingerprint density at radius 2 is 1.81 bits per heavy atom. The number of hydrogen-bond donors (Lipinski definition) is 2. The van der Waals surface area contributed by atoms with Crippen LogP contribution in [-0.4, -0.2) is 65.7 Å². The van der Waals surface area contributed by atoms with Crippen LogP contribution < -0.4 is 5.32 Å². The maximum absolute atomic E-state index is 12.1. The number of piperazine rings is 1. The van der Waals surface area contributed by atoms with E-state index in [1.165, 1.54) is 0 Å². The van der Waals surface area contributed by atoms with Crippen molar-refractivity contribution in [3.63, 3.8) is 0 Å². The van der Waals surface area contributed by atoms with Crippen molar-refractivity contribution in [2.24, 2.45) is 5.92 Å². The SMILES string of the molecule is CCCC(CNC(=O)N1CCN(C(C)CC)CC1)C(=O)O. The number of hydrogen-bond acceptors (Lipinski definition) is 3. The monoisotopic (exact) mass is 299 g/mol. The van der Waals surface area contributed by atoms with E-state index in [1.54, 1.807) is 4.90 Å². The van der Waals surface area contributed by atoms with Crippen LogP contribution >= 0.6 is 0 Å². The predicted molar refractivity (Wildman–Crippen MR) is 82.3 cm³/mol. The molecule has 1 aliphatic rings. The summed E-state index contributed by atoms with van der Waals surface area (Å²) in [5, 5.41) is 11.8. The van der Waals surface area contributed by atoms with E-state index in [9.17, 15) is 9.59 Å². The van der Waals surface area contributed by atoms with Gasteiger partial charge < -0.3 is 15.3 Å². The molecule has 0 aliphatic carbocycles. The maximum Gasteiger partial charge on any atom is 0.317 e. The van der Waals surface area contributed by atoms with Gasteiger partial charge in [0.05, 0.1) is 5.92 Å². The van der Waals surface area contributed by atoms with Gasteiger partial charge in [-0.25, -0.2) is 4.79 Å². The summed E-state index contributed by atoms with van der Waals surface area (Å²) in [6.45, 7) is 9.74. The number of carboxylic acid groups (broad SMARTS) is 1. The number of nitrogens with zero attached hydrogens (tertiary/aromatic N) is 2. The van der Waals surface area contributed by atoms with E-state index in [1.807, 2.05) is 6.92 Å². The lowest BCUT2D eigenvalue weighted by Crippen LogP contribution is -2.54. The Hall–Kier alpha value is -1.30. The normalized spacial score (nSPS) is 19.1. The highest BCUT2D eigenvalue weighted by atomic mass is 16.4. The van der Waals surface area contributed by atoms with Crippen LogP contribution in [0.2, 0.25) is 0 Å². The summed E-state index contributed by atoms with van der Waals surface area (Å²) in [7, 11) is 0. The molecule has 0 aromatic rings. The topological polar surface area (TPSA) is 72.9 Å². The molecular weight excluding hydrogens is 270 g/mol. The molecule has 1 aliphatic heterocycles. The van der Waals surface area contributed by atoms with Crippen LogP contribution in [0.25, 0.3) is 0 Å². The van der Waals surface area contributed by atoms with Crippen molar-refractivity contribution < 1.29 is 14.7 Å². The third-order valence-corrected chi connectivity index (χ3v) is 4.30. The standard InChI is InChI=1S/C15H29N3O3/c1-4-6-13(14(19)20)11-16-15(21)18-9-7-17(8-10-18)12(3)5-2/h12-13H,4-11H2,1-3H3,(H,16,21)(H,19,20). The minimum absolute atomic E-state index is 0.138. The fourth-order valence-corrected chi connectivity index (χ4v) is 2.61. The van der Waals surface area contributed by atoms with Gasteiger partial charge in [0.2, 0.25) is 0 Å². The molecule has 6 nitrogen and oxygen atoms in total. The molecule has 0 saturated carbocycles. The molecule has 2 atom stereocenters. The fraction of sp³-hybridized carbons (Fsp3) is 0.867. The molecular formula is C15H29N3O3. The molecule has 1 fully saturated rings. The minimum Gasteiger partial charge on any atom is -0.481 e. The van der Waals surface area contributed by atoms with Crippen molar-refractivity contribution in [1.82, 2.24) is 15.1 Å². The average Bonchev–Trinajstić information content (AvgIpc) is 2.50. The van der Waals surface area contributed by atoms with Gasteiger partial charge in [-0.2, -0.15) is 0 Å². The quantitative estimate of drug-likeness (QED) is 0.749. The van der Waals surface area contributed by atoms with Crippen LogP contribution in [0.15, 0.2) is 0 Å². The van der Waals surface area contributed by atoms with Crippen molar-refractivity contribution in [1.29, 1.82) is 0 Å². The average molecular weight is 299 g/mol. The molecule has 0 aromatic carbocycles. The van der Waals surface area contributed by atoms with E-state index in [2.05, 4.69) is 24.1 Å². The summed E-state index contributed by atoms with van der Waals surface area (Å²) in [6.07, 6.45) is 2.52. The van der Waals surface area contributed by atoms with Crippen molar-refractivity contribution in [2.75, 3.05) is 32.7 Å². The maximum atomic E-state index is 12.1. The van der Waals surface area contributed by atoms with E-state index in [-0.39, 0.29) is 12.6 Å².